The molecule has 2 aromatic rings. The Morgan fingerprint density at radius 2 is 1.85 bits per heavy atom. The number of piperidine rings is 1. The molecular formula is C29H39FN4O4S. The summed E-state index contributed by atoms with van der Waals surface area (Å²) in [5, 5.41) is 17.8. The molecule has 10 heteroatoms. The van der Waals surface area contributed by atoms with E-state index in [0.29, 0.717) is 43.5 Å². The molecule has 1 aromatic heterocycles. The minimum absolute atomic E-state index is 0.0427. The van der Waals surface area contributed by atoms with Gasteiger partial charge < -0.3 is 10.0 Å². The van der Waals surface area contributed by atoms with Crippen molar-refractivity contribution in [3.8, 4) is 0 Å². The number of nitrogens with zero attached hydrogens (tertiary/aromatic N) is 4. The third-order valence-corrected chi connectivity index (χ3v) is 10.4. The van der Waals surface area contributed by atoms with Crippen LogP contribution in [0.3, 0.4) is 0 Å². The summed E-state index contributed by atoms with van der Waals surface area (Å²) < 4.78 is 39.5. The molecular weight excluding hydrogens is 519 g/mol. The van der Waals surface area contributed by atoms with Crippen molar-refractivity contribution in [1.82, 2.24) is 20.0 Å². The minimum atomic E-state index is -3.45. The van der Waals surface area contributed by atoms with Gasteiger partial charge in [0, 0.05) is 25.6 Å². The van der Waals surface area contributed by atoms with Crippen molar-refractivity contribution >= 4 is 15.8 Å². The lowest BCUT2D eigenvalue weighted by molar-refractivity contribution is -0.143. The summed E-state index contributed by atoms with van der Waals surface area (Å²) in [6, 6.07) is 9.48. The number of halogens is 1. The van der Waals surface area contributed by atoms with E-state index in [1.165, 1.54) is 12.1 Å². The van der Waals surface area contributed by atoms with Crippen LogP contribution in [0.4, 0.5) is 4.39 Å². The van der Waals surface area contributed by atoms with E-state index in [2.05, 4.69) is 20.0 Å². The number of aliphatic carboxylic acids is 1. The second-order valence-electron chi connectivity index (χ2n) is 11.8. The van der Waals surface area contributed by atoms with Gasteiger partial charge in [0.1, 0.15) is 11.9 Å². The van der Waals surface area contributed by atoms with Crippen molar-refractivity contribution in [1.29, 1.82) is 0 Å². The summed E-state index contributed by atoms with van der Waals surface area (Å²) in [6.07, 6.45) is 5.38. The Bertz CT molecular complexity index is 1250. The van der Waals surface area contributed by atoms with E-state index in [1.807, 2.05) is 6.07 Å². The second kappa shape index (κ2) is 12.0. The molecule has 3 aliphatic rings. The lowest BCUT2D eigenvalue weighted by Gasteiger charge is -2.34. The molecule has 3 atom stereocenters. The van der Waals surface area contributed by atoms with Crippen molar-refractivity contribution in [2.24, 2.45) is 17.8 Å². The summed E-state index contributed by atoms with van der Waals surface area (Å²) in [5.74, 6) is 0.205. The van der Waals surface area contributed by atoms with Crippen LogP contribution in [0.1, 0.15) is 55.7 Å². The number of sulfone groups is 1. The summed E-state index contributed by atoms with van der Waals surface area (Å²) in [5.41, 5.74) is 1.63. The van der Waals surface area contributed by atoms with Crippen molar-refractivity contribution in [2.75, 3.05) is 38.5 Å². The number of benzene rings is 1. The zero-order chi connectivity index (χ0) is 27.6. The first kappa shape index (κ1) is 28.1. The Balaban J connectivity index is 1.18. The standard InChI is InChI=1S/C29H39FN4O4S/c1-20-5-8-28(32-31-20)39(37,38)14-11-21-9-12-33(13-10-21)17-24-18-34(27(29(35)36)15-22-6-7-22)19-26(24)23-3-2-4-25(30)16-23/h2-5,8,16,21-22,24,26-27H,6-7,9-15,17-19H2,1H3,(H,35,36). The summed E-state index contributed by atoms with van der Waals surface area (Å²) >= 11 is 0. The highest BCUT2D eigenvalue weighted by Gasteiger charge is 2.42. The molecule has 212 valence electrons. The van der Waals surface area contributed by atoms with Gasteiger partial charge in [-0.05, 0) is 93.3 Å². The van der Waals surface area contributed by atoms with Gasteiger partial charge in [0.05, 0.1) is 11.4 Å². The largest absolute Gasteiger partial charge is 0.480 e. The average Bonchev–Trinajstić information content (AvgIpc) is 3.65. The van der Waals surface area contributed by atoms with Gasteiger partial charge in [-0.1, -0.05) is 25.0 Å². The van der Waals surface area contributed by atoms with Crippen LogP contribution in [0, 0.1) is 30.5 Å². The Morgan fingerprint density at radius 3 is 2.49 bits per heavy atom. The summed E-state index contributed by atoms with van der Waals surface area (Å²) in [7, 11) is -3.45. The van der Waals surface area contributed by atoms with E-state index >= 15 is 0 Å². The van der Waals surface area contributed by atoms with Crippen molar-refractivity contribution in [2.45, 2.75) is 62.4 Å². The maximum atomic E-state index is 14.1. The molecule has 1 N–H and O–H groups in total. The number of carbonyl (C=O) groups is 1. The highest BCUT2D eigenvalue weighted by molar-refractivity contribution is 7.91. The van der Waals surface area contributed by atoms with Crippen LogP contribution in [0.25, 0.3) is 0 Å². The van der Waals surface area contributed by atoms with Gasteiger partial charge >= 0.3 is 5.97 Å². The van der Waals surface area contributed by atoms with Gasteiger partial charge in [-0.25, -0.2) is 12.8 Å². The molecule has 0 spiro atoms. The number of hydrogen-bond acceptors (Lipinski definition) is 7. The van der Waals surface area contributed by atoms with Gasteiger partial charge in [0.2, 0.25) is 0 Å². The van der Waals surface area contributed by atoms with Gasteiger partial charge in [-0.3, -0.25) is 9.69 Å². The molecule has 1 saturated carbocycles. The van der Waals surface area contributed by atoms with Gasteiger partial charge in [0.25, 0.3) is 0 Å². The van der Waals surface area contributed by atoms with Crippen LogP contribution in [-0.2, 0) is 14.6 Å². The Labute approximate surface area is 230 Å². The topological polar surface area (TPSA) is 104 Å². The van der Waals surface area contributed by atoms with Crippen LogP contribution in [0.15, 0.2) is 41.4 Å². The lowest BCUT2D eigenvalue weighted by Crippen LogP contribution is -2.42. The fraction of sp³-hybridized carbons (Fsp3) is 0.621. The third-order valence-electron chi connectivity index (χ3n) is 8.81. The van der Waals surface area contributed by atoms with E-state index in [0.717, 1.165) is 50.9 Å². The number of aromatic nitrogens is 2. The molecule has 1 aliphatic carbocycles. The summed E-state index contributed by atoms with van der Waals surface area (Å²) in [6.45, 7) is 5.70. The zero-order valence-electron chi connectivity index (χ0n) is 22.6. The molecule has 8 nitrogen and oxygen atoms in total. The van der Waals surface area contributed by atoms with Crippen molar-refractivity contribution in [3.63, 3.8) is 0 Å². The van der Waals surface area contributed by atoms with Crippen LogP contribution in [0.5, 0.6) is 0 Å². The summed E-state index contributed by atoms with van der Waals surface area (Å²) in [4.78, 5) is 16.7. The van der Waals surface area contributed by atoms with Crippen molar-refractivity contribution < 1.29 is 22.7 Å². The van der Waals surface area contributed by atoms with E-state index in [9.17, 15) is 22.7 Å². The predicted molar refractivity (Wildman–Crippen MR) is 146 cm³/mol. The lowest BCUT2D eigenvalue weighted by atomic mass is 9.87. The van der Waals surface area contributed by atoms with E-state index in [1.54, 1.807) is 25.1 Å². The number of rotatable bonds is 11. The third kappa shape index (κ3) is 7.21. The SMILES string of the molecule is Cc1ccc(S(=O)(=O)CCC2CCN(CC3CN(C(CC4CC4)C(=O)O)CC3c3cccc(F)c3)CC2)nn1. The monoisotopic (exact) mass is 558 g/mol. The van der Waals surface area contributed by atoms with Crippen molar-refractivity contribution in [3.05, 3.63) is 53.5 Å². The van der Waals surface area contributed by atoms with E-state index in [-0.39, 0.29) is 28.4 Å². The van der Waals surface area contributed by atoms with Gasteiger partial charge in [-0.2, -0.15) is 5.10 Å². The van der Waals surface area contributed by atoms with Crippen LogP contribution >= 0.6 is 0 Å². The molecule has 3 fully saturated rings. The first-order chi connectivity index (χ1) is 18.7. The van der Waals surface area contributed by atoms with Crippen LogP contribution in [0.2, 0.25) is 0 Å². The molecule has 2 saturated heterocycles. The van der Waals surface area contributed by atoms with Gasteiger partial charge in [-0.15, -0.1) is 5.10 Å². The number of likely N-dealkylation sites (tertiary alicyclic amines) is 2. The molecule has 1 aromatic carbocycles. The number of hydrogen-bond donors (Lipinski definition) is 1. The molecule has 39 heavy (non-hydrogen) atoms. The van der Waals surface area contributed by atoms with E-state index < -0.39 is 21.8 Å². The molecule has 0 amide bonds. The Hall–Kier alpha value is -2.43. The smallest absolute Gasteiger partial charge is 0.320 e. The molecule has 3 heterocycles. The molecule has 5 rings (SSSR count). The highest BCUT2D eigenvalue weighted by atomic mass is 32.2. The maximum absolute atomic E-state index is 14.1. The highest BCUT2D eigenvalue weighted by Crippen LogP contribution is 2.39. The predicted octanol–water partition coefficient (Wildman–Crippen LogP) is 3.77. The maximum Gasteiger partial charge on any atom is 0.320 e. The number of carboxylic acid groups (broad SMARTS) is 1. The van der Waals surface area contributed by atoms with Gasteiger partial charge in [0.15, 0.2) is 14.9 Å². The Morgan fingerprint density at radius 1 is 1.08 bits per heavy atom. The Kier molecular flexibility index (Phi) is 8.63. The fourth-order valence-corrected chi connectivity index (χ4v) is 7.60. The first-order valence-corrected chi connectivity index (χ1v) is 15.8. The second-order valence-corrected chi connectivity index (χ2v) is 13.8. The molecule has 2 aliphatic heterocycles. The molecule has 0 radical (unpaired) electrons. The zero-order valence-corrected chi connectivity index (χ0v) is 23.4. The fourth-order valence-electron chi connectivity index (χ4n) is 6.30. The molecule has 0 bridgehead atoms. The number of carboxylic acids is 1. The number of aryl methyl sites for hydroxylation is 1. The minimum Gasteiger partial charge on any atom is -0.480 e. The first-order valence-electron chi connectivity index (χ1n) is 14.2. The normalized spacial score (nSPS) is 24.2. The van der Waals surface area contributed by atoms with E-state index in [4.69, 9.17) is 0 Å². The average molecular weight is 559 g/mol. The molecule has 3 unspecified atom stereocenters. The quantitative estimate of drug-likeness (QED) is 0.445. The van der Waals surface area contributed by atoms with Crippen LogP contribution in [-0.4, -0.2) is 84.0 Å². The van der Waals surface area contributed by atoms with Crippen LogP contribution < -0.4 is 0 Å².